The zero-order valence-electron chi connectivity index (χ0n) is 16.8. The van der Waals surface area contributed by atoms with Crippen molar-refractivity contribution in [2.45, 2.75) is 26.4 Å². The number of hydrogen-bond donors (Lipinski definition) is 1. The number of hydrogen-bond acceptors (Lipinski definition) is 5. The van der Waals surface area contributed by atoms with Crippen molar-refractivity contribution in [3.05, 3.63) is 52.2 Å². The second-order valence-corrected chi connectivity index (χ2v) is 7.93. The fourth-order valence-electron chi connectivity index (χ4n) is 3.34. The summed E-state index contributed by atoms with van der Waals surface area (Å²) in [6.07, 6.45) is 1.37. The van der Waals surface area contributed by atoms with E-state index in [1.54, 1.807) is 0 Å². The number of carbonyl (C=O) groups excluding carboxylic acids is 2. The van der Waals surface area contributed by atoms with E-state index >= 15 is 0 Å². The van der Waals surface area contributed by atoms with Gasteiger partial charge in [0.1, 0.15) is 0 Å². The van der Waals surface area contributed by atoms with Crippen molar-refractivity contribution in [3.8, 4) is 0 Å². The first-order valence-corrected chi connectivity index (χ1v) is 10.9. The maximum absolute atomic E-state index is 12.7. The monoisotopic (exact) mass is 416 g/mol. The predicted molar refractivity (Wildman–Crippen MR) is 114 cm³/mol. The molecule has 1 aromatic heterocycles. The van der Waals surface area contributed by atoms with Gasteiger partial charge in [-0.15, -0.1) is 11.3 Å². The van der Waals surface area contributed by atoms with Gasteiger partial charge in [0.25, 0.3) is 5.91 Å². The number of nitrogens with zero attached hydrogens (tertiary/aromatic N) is 1. The fourth-order valence-corrected chi connectivity index (χ4v) is 4.03. The Bertz CT molecular complexity index is 786. The number of nitrogens with one attached hydrogen (secondary N) is 1. The molecule has 0 bridgehead atoms. The van der Waals surface area contributed by atoms with Crippen LogP contribution in [0.5, 0.6) is 0 Å². The van der Waals surface area contributed by atoms with Gasteiger partial charge < -0.3 is 19.7 Å². The fraction of sp³-hybridized carbons (Fsp3) is 0.455. The SMILES string of the molecule is CCOCCOCc1cccc(NC(=O)C2CCN(C(=O)c3cccs3)CC2)c1. The molecule has 1 aliphatic rings. The number of ether oxygens (including phenoxy) is 2. The van der Waals surface area contributed by atoms with Crippen LogP contribution in [0, 0.1) is 5.92 Å². The van der Waals surface area contributed by atoms with Crippen LogP contribution >= 0.6 is 11.3 Å². The average molecular weight is 417 g/mol. The lowest BCUT2D eigenvalue weighted by atomic mass is 9.95. The lowest BCUT2D eigenvalue weighted by Gasteiger charge is -2.31. The average Bonchev–Trinajstić information content (AvgIpc) is 3.28. The van der Waals surface area contributed by atoms with Gasteiger partial charge in [-0.3, -0.25) is 9.59 Å². The van der Waals surface area contributed by atoms with Crippen LogP contribution in [0.4, 0.5) is 5.69 Å². The van der Waals surface area contributed by atoms with Crippen LogP contribution in [0.1, 0.15) is 35.0 Å². The maximum Gasteiger partial charge on any atom is 0.263 e. The summed E-state index contributed by atoms with van der Waals surface area (Å²) in [5.74, 6) is 0.00650. The van der Waals surface area contributed by atoms with Crippen LogP contribution in [0.15, 0.2) is 41.8 Å². The quantitative estimate of drug-likeness (QED) is 0.632. The summed E-state index contributed by atoms with van der Waals surface area (Å²) >= 11 is 1.46. The molecule has 2 heterocycles. The Morgan fingerprint density at radius 2 is 1.93 bits per heavy atom. The molecular formula is C22H28N2O4S. The Morgan fingerprint density at radius 1 is 1.14 bits per heavy atom. The molecule has 0 aliphatic carbocycles. The van der Waals surface area contributed by atoms with Crippen LogP contribution in [0.25, 0.3) is 0 Å². The van der Waals surface area contributed by atoms with Gasteiger partial charge in [0.15, 0.2) is 0 Å². The molecule has 6 nitrogen and oxygen atoms in total. The van der Waals surface area contributed by atoms with E-state index in [9.17, 15) is 9.59 Å². The Hall–Kier alpha value is -2.22. The van der Waals surface area contributed by atoms with Crippen LogP contribution in [-0.2, 0) is 20.9 Å². The highest BCUT2D eigenvalue weighted by Crippen LogP contribution is 2.22. The summed E-state index contributed by atoms with van der Waals surface area (Å²) in [5.41, 5.74) is 1.79. The largest absolute Gasteiger partial charge is 0.379 e. The second kappa shape index (κ2) is 11.1. The van der Waals surface area contributed by atoms with E-state index in [1.165, 1.54) is 11.3 Å². The highest BCUT2D eigenvalue weighted by atomic mass is 32.1. The zero-order valence-corrected chi connectivity index (χ0v) is 17.6. The first kappa shape index (κ1) is 21.5. The predicted octanol–water partition coefficient (Wildman–Crippen LogP) is 3.79. The molecule has 7 heteroatoms. The Balaban J connectivity index is 1.45. The third kappa shape index (κ3) is 6.39. The standard InChI is InChI=1S/C22H28N2O4S/c1-2-27-12-13-28-16-17-5-3-6-19(15-17)23-21(25)18-8-10-24(11-9-18)22(26)20-7-4-14-29-20/h3-7,14-15,18H,2,8-13,16H2,1H3,(H,23,25). The molecule has 3 rings (SSSR count). The number of carbonyl (C=O) groups is 2. The summed E-state index contributed by atoms with van der Waals surface area (Å²) in [6.45, 7) is 5.49. The van der Waals surface area contributed by atoms with E-state index < -0.39 is 0 Å². The Kier molecular flexibility index (Phi) is 8.22. The summed E-state index contributed by atoms with van der Waals surface area (Å²) in [4.78, 5) is 27.7. The minimum absolute atomic E-state index is 0.0163. The van der Waals surface area contributed by atoms with Crippen molar-refractivity contribution in [1.82, 2.24) is 4.90 Å². The maximum atomic E-state index is 12.7. The molecule has 0 atom stereocenters. The zero-order chi connectivity index (χ0) is 20.5. The van der Waals surface area contributed by atoms with Crippen LogP contribution in [-0.4, -0.2) is 49.6 Å². The summed E-state index contributed by atoms with van der Waals surface area (Å²) in [6, 6.07) is 11.4. The lowest BCUT2D eigenvalue weighted by Crippen LogP contribution is -2.41. The Morgan fingerprint density at radius 3 is 2.66 bits per heavy atom. The van der Waals surface area contributed by atoms with E-state index in [0.717, 1.165) is 16.1 Å². The van der Waals surface area contributed by atoms with Gasteiger partial charge in [-0.1, -0.05) is 18.2 Å². The molecule has 0 saturated carbocycles. The van der Waals surface area contributed by atoms with Crippen molar-refractivity contribution in [1.29, 1.82) is 0 Å². The third-order valence-corrected chi connectivity index (χ3v) is 5.78. The van der Waals surface area contributed by atoms with Crippen LogP contribution in [0.2, 0.25) is 0 Å². The molecule has 2 amide bonds. The third-order valence-electron chi connectivity index (χ3n) is 4.92. The summed E-state index contributed by atoms with van der Waals surface area (Å²) in [7, 11) is 0. The summed E-state index contributed by atoms with van der Waals surface area (Å²) < 4.78 is 10.8. The topological polar surface area (TPSA) is 67.9 Å². The van der Waals surface area contributed by atoms with Gasteiger partial charge in [0, 0.05) is 31.3 Å². The van der Waals surface area contributed by atoms with Crippen molar-refractivity contribution >= 4 is 28.8 Å². The minimum atomic E-state index is -0.0755. The highest BCUT2D eigenvalue weighted by Gasteiger charge is 2.28. The molecule has 0 radical (unpaired) electrons. The molecule has 1 aliphatic heterocycles. The van der Waals surface area contributed by atoms with Crippen molar-refractivity contribution in [2.75, 3.05) is 38.2 Å². The first-order valence-electron chi connectivity index (χ1n) is 10.1. The Labute approximate surface area is 175 Å². The molecule has 29 heavy (non-hydrogen) atoms. The van der Waals surface area contributed by atoms with Crippen molar-refractivity contribution in [3.63, 3.8) is 0 Å². The van der Waals surface area contributed by atoms with Crippen molar-refractivity contribution in [2.24, 2.45) is 5.92 Å². The number of anilines is 1. The second-order valence-electron chi connectivity index (χ2n) is 6.98. The molecule has 1 N–H and O–H groups in total. The molecule has 1 saturated heterocycles. The smallest absolute Gasteiger partial charge is 0.263 e. The van der Waals surface area contributed by atoms with Gasteiger partial charge >= 0.3 is 0 Å². The molecule has 2 aromatic rings. The van der Waals surface area contributed by atoms with Gasteiger partial charge in [-0.25, -0.2) is 0 Å². The van der Waals surface area contributed by atoms with E-state index in [4.69, 9.17) is 9.47 Å². The molecular weight excluding hydrogens is 388 g/mol. The van der Waals surface area contributed by atoms with Crippen LogP contribution < -0.4 is 5.32 Å². The molecule has 0 unspecified atom stereocenters. The molecule has 1 aromatic carbocycles. The van der Waals surface area contributed by atoms with E-state index in [0.29, 0.717) is 52.4 Å². The van der Waals surface area contributed by atoms with E-state index in [2.05, 4.69) is 5.32 Å². The molecule has 156 valence electrons. The highest BCUT2D eigenvalue weighted by molar-refractivity contribution is 7.12. The molecule has 0 spiro atoms. The number of piperidine rings is 1. The van der Waals surface area contributed by atoms with Gasteiger partial charge in [0.05, 0.1) is 24.7 Å². The number of rotatable bonds is 9. The summed E-state index contributed by atoms with van der Waals surface area (Å²) in [5, 5.41) is 4.92. The normalized spacial score (nSPS) is 14.7. The molecule has 1 fully saturated rings. The number of benzene rings is 1. The van der Waals surface area contributed by atoms with Crippen molar-refractivity contribution < 1.29 is 19.1 Å². The van der Waals surface area contributed by atoms with E-state index in [-0.39, 0.29) is 17.7 Å². The van der Waals surface area contributed by atoms with E-state index in [1.807, 2.05) is 53.6 Å². The van der Waals surface area contributed by atoms with Crippen LogP contribution in [0.3, 0.4) is 0 Å². The van der Waals surface area contributed by atoms with Gasteiger partial charge in [-0.2, -0.15) is 0 Å². The lowest BCUT2D eigenvalue weighted by molar-refractivity contribution is -0.121. The number of amides is 2. The van der Waals surface area contributed by atoms with Gasteiger partial charge in [-0.05, 0) is 48.9 Å². The van der Waals surface area contributed by atoms with Gasteiger partial charge in [0.2, 0.25) is 5.91 Å². The number of likely N-dealkylation sites (tertiary alicyclic amines) is 1. The minimum Gasteiger partial charge on any atom is -0.379 e. The first-order chi connectivity index (χ1) is 14.2. The number of thiophene rings is 1.